The fourth-order valence-corrected chi connectivity index (χ4v) is 3.50. The van der Waals surface area contributed by atoms with Crippen molar-refractivity contribution in [2.45, 2.75) is 45.3 Å². The van der Waals surface area contributed by atoms with Crippen molar-refractivity contribution in [1.29, 1.82) is 0 Å². The molecule has 0 fully saturated rings. The average molecular weight is 396 g/mol. The van der Waals surface area contributed by atoms with Crippen LogP contribution < -0.4 is 5.32 Å². The minimum Gasteiger partial charge on any atom is -0.411 e. The van der Waals surface area contributed by atoms with E-state index in [0.717, 1.165) is 28.8 Å². The number of nitrogens with one attached hydrogen (secondary N) is 1. The van der Waals surface area contributed by atoms with Gasteiger partial charge in [0.25, 0.3) is 5.22 Å². The predicted octanol–water partition coefficient (Wildman–Crippen LogP) is 5.60. The molecule has 3 aromatic rings. The maximum atomic E-state index is 12.2. The van der Waals surface area contributed by atoms with Crippen LogP contribution in [0.2, 0.25) is 0 Å². The first-order valence-electron chi connectivity index (χ1n) is 9.39. The third kappa shape index (κ3) is 5.23. The zero-order valence-electron chi connectivity index (χ0n) is 16.7. The van der Waals surface area contributed by atoms with Crippen molar-refractivity contribution in [1.82, 2.24) is 10.2 Å². The molecule has 1 N–H and O–H groups in total. The highest BCUT2D eigenvalue weighted by Gasteiger charge is 2.12. The molecular formula is C22H25N3O2S. The van der Waals surface area contributed by atoms with Gasteiger partial charge in [-0.15, -0.1) is 10.2 Å². The van der Waals surface area contributed by atoms with Gasteiger partial charge in [-0.2, -0.15) is 0 Å². The summed E-state index contributed by atoms with van der Waals surface area (Å²) in [5.74, 6) is 1.09. The van der Waals surface area contributed by atoms with Gasteiger partial charge in [0.2, 0.25) is 11.8 Å². The molecule has 1 amide bonds. The van der Waals surface area contributed by atoms with Crippen LogP contribution in [0.25, 0.3) is 11.5 Å². The molecule has 0 unspecified atom stereocenters. The van der Waals surface area contributed by atoms with Crippen LogP contribution in [0.5, 0.6) is 0 Å². The average Bonchev–Trinajstić information content (AvgIpc) is 3.15. The first-order chi connectivity index (χ1) is 13.4. The Kier molecular flexibility index (Phi) is 6.52. The number of rotatable bonds is 7. The first kappa shape index (κ1) is 20.1. The summed E-state index contributed by atoms with van der Waals surface area (Å²) in [5, 5.41) is 11.4. The van der Waals surface area contributed by atoms with Crippen LogP contribution in [0.4, 0.5) is 5.69 Å². The summed E-state index contributed by atoms with van der Waals surface area (Å²) >= 11 is 1.23. The summed E-state index contributed by atoms with van der Waals surface area (Å²) in [4.78, 5) is 12.2. The van der Waals surface area contributed by atoms with E-state index in [1.165, 1.54) is 17.3 Å². The smallest absolute Gasteiger partial charge is 0.277 e. The van der Waals surface area contributed by atoms with Crippen molar-refractivity contribution < 1.29 is 9.21 Å². The molecule has 1 atom stereocenters. The second-order valence-electron chi connectivity index (χ2n) is 7.02. The Morgan fingerprint density at radius 2 is 1.79 bits per heavy atom. The Labute approximate surface area is 170 Å². The Bertz CT molecular complexity index is 930. The number of carbonyl (C=O) groups is 1. The van der Waals surface area contributed by atoms with E-state index in [2.05, 4.69) is 47.6 Å². The molecule has 0 saturated heterocycles. The molecular weight excluding hydrogens is 370 g/mol. The van der Waals surface area contributed by atoms with Crippen LogP contribution in [0, 0.1) is 13.8 Å². The van der Waals surface area contributed by atoms with Gasteiger partial charge in [0.1, 0.15) is 0 Å². The van der Waals surface area contributed by atoms with Crippen molar-refractivity contribution in [3.8, 4) is 11.5 Å². The summed E-state index contributed by atoms with van der Waals surface area (Å²) in [7, 11) is 0. The topological polar surface area (TPSA) is 68.0 Å². The van der Waals surface area contributed by atoms with Gasteiger partial charge in [-0.25, -0.2) is 0 Å². The van der Waals surface area contributed by atoms with Crippen LogP contribution in [-0.2, 0) is 4.79 Å². The van der Waals surface area contributed by atoms with E-state index in [1.54, 1.807) is 0 Å². The first-order valence-corrected chi connectivity index (χ1v) is 10.4. The van der Waals surface area contributed by atoms with E-state index >= 15 is 0 Å². The van der Waals surface area contributed by atoms with Gasteiger partial charge in [0, 0.05) is 11.3 Å². The Morgan fingerprint density at radius 3 is 2.43 bits per heavy atom. The zero-order chi connectivity index (χ0) is 20.1. The van der Waals surface area contributed by atoms with Crippen molar-refractivity contribution in [3.05, 3.63) is 59.2 Å². The largest absolute Gasteiger partial charge is 0.411 e. The van der Waals surface area contributed by atoms with Crippen LogP contribution in [0.1, 0.15) is 42.9 Å². The number of aromatic nitrogens is 2. The lowest BCUT2D eigenvalue weighted by Gasteiger charge is -2.10. The minimum absolute atomic E-state index is 0.104. The molecule has 3 rings (SSSR count). The van der Waals surface area contributed by atoms with E-state index in [9.17, 15) is 4.79 Å². The molecule has 0 aliphatic rings. The number of nitrogens with zero attached hydrogens (tertiary/aromatic N) is 2. The van der Waals surface area contributed by atoms with Crippen molar-refractivity contribution in [2.24, 2.45) is 0 Å². The van der Waals surface area contributed by atoms with Crippen LogP contribution in [-0.4, -0.2) is 21.9 Å². The normalized spacial score (nSPS) is 12.0. The van der Waals surface area contributed by atoms with Crippen molar-refractivity contribution >= 4 is 23.4 Å². The monoisotopic (exact) mass is 395 g/mol. The Hall–Kier alpha value is -2.60. The summed E-state index contributed by atoms with van der Waals surface area (Å²) in [5.41, 5.74) is 5.24. The molecule has 28 heavy (non-hydrogen) atoms. The molecule has 146 valence electrons. The molecule has 0 radical (unpaired) electrons. The van der Waals surface area contributed by atoms with E-state index < -0.39 is 0 Å². The summed E-state index contributed by atoms with van der Waals surface area (Å²) in [6.07, 6.45) is 1.09. The molecule has 0 bridgehead atoms. The predicted molar refractivity (Wildman–Crippen MR) is 114 cm³/mol. The fourth-order valence-electron chi connectivity index (χ4n) is 2.94. The highest BCUT2D eigenvalue weighted by atomic mass is 32.2. The van der Waals surface area contributed by atoms with E-state index in [-0.39, 0.29) is 11.7 Å². The highest BCUT2D eigenvalue weighted by molar-refractivity contribution is 7.99. The number of benzene rings is 2. The minimum atomic E-state index is -0.104. The van der Waals surface area contributed by atoms with Gasteiger partial charge in [-0.3, -0.25) is 4.79 Å². The fraction of sp³-hybridized carbons (Fsp3) is 0.318. The third-order valence-corrected chi connectivity index (χ3v) is 5.40. The maximum absolute atomic E-state index is 12.2. The Morgan fingerprint density at radius 1 is 1.11 bits per heavy atom. The molecule has 5 nitrogen and oxygen atoms in total. The molecule has 6 heteroatoms. The second kappa shape index (κ2) is 9.06. The van der Waals surface area contributed by atoms with E-state index in [4.69, 9.17) is 4.42 Å². The van der Waals surface area contributed by atoms with Crippen molar-refractivity contribution in [2.75, 3.05) is 11.1 Å². The van der Waals surface area contributed by atoms with Crippen molar-refractivity contribution in [3.63, 3.8) is 0 Å². The van der Waals surface area contributed by atoms with Crippen LogP contribution in [0.15, 0.2) is 52.1 Å². The van der Waals surface area contributed by atoms with Gasteiger partial charge in [0.05, 0.1) is 5.75 Å². The van der Waals surface area contributed by atoms with Gasteiger partial charge in [-0.1, -0.05) is 54.9 Å². The quantitative estimate of drug-likeness (QED) is 0.528. The summed E-state index contributed by atoms with van der Waals surface area (Å²) in [6.45, 7) is 8.42. The van der Waals surface area contributed by atoms with E-state index in [1.807, 2.05) is 38.1 Å². The molecule has 1 aromatic heterocycles. The number of anilines is 1. The molecule has 2 aromatic carbocycles. The lowest BCUT2D eigenvalue weighted by molar-refractivity contribution is -0.113. The zero-order valence-corrected chi connectivity index (χ0v) is 17.5. The molecule has 0 spiro atoms. The number of hydrogen-bond donors (Lipinski definition) is 1. The van der Waals surface area contributed by atoms with Crippen LogP contribution >= 0.6 is 11.8 Å². The van der Waals surface area contributed by atoms with Gasteiger partial charge >= 0.3 is 0 Å². The molecule has 1 heterocycles. The molecule has 0 saturated carbocycles. The lowest BCUT2D eigenvalue weighted by atomic mass is 9.99. The number of aryl methyl sites for hydroxylation is 2. The summed E-state index contributed by atoms with van der Waals surface area (Å²) in [6, 6.07) is 14.1. The van der Waals surface area contributed by atoms with Crippen LogP contribution in [0.3, 0.4) is 0 Å². The standard InChI is InChI=1S/C22H25N3O2S/c1-5-16(4)17-6-8-19(9-7-17)23-20(26)13-28-22-25-24-21(27-22)18-11-14(2)10-15(3)12-18/h6-12,16H,5,13H2,1-4H3,(H,23,26)/t16-/m1/s1. The van der Waals surface area contributed by atoms with Gasteiger partial charge < -0.3 is 9.73 Å². The Balaban J connectivity index is 1.56. The van der Waals surface area contributed by atoms with Gasteiger partial charge in [-0.05, 0) is 56.0 Å². The second-order valence-corrected chi connectivity index (χ2v) is 7.94. The van der Waals surface area contributed by atoms with E-state index in [0.29, 0.717) is 17.0 Å². The lowest BCUT2D eigenvalue weighted by Crippen LogP contribution is -2.14. The summed E-state index contributed by atoms with van der Waals surface area (Å²) < 4.78 is 5.70. The molecule has 0 aliphatic heterocycles. The number of amides is 1. The SMILES string of the molecule is CC[C@@H](C)c1ccc(NC(=O)CSc2nnc(-c3cc(C)cc(C)c3)o2)cc1. The highest BCUT2D eigenvalue weighted by Crippen LogP contribution is 2.25. The number of thioether (sulfide) groups is 1. The maximum Gasteiger partial charge on any atom is 0.277 e. The number of carbonyl (C=O) groups excluding carboxylic acids is 1. The number of hydrogen-bond acceptors (Lipinski definition) is 5. The molecule has 0 aliphatic carbocycles. The third-order valence-electron chi connectivity index (χ3n) is 4.58. The van der Waals surface area contributed by atoms with Gasteiger partial charge in [0.15, 0.2) is 0 Å².